The third-order valence-electron chi connectivity index (χ3n) is 4.67. The molecule has 94 valence electrons. The molecule has 0 spiro atoms. The predicted molar refractivity (Wildman–Crippen MR) is 66.4 cm³/mol. The molecule has 2 fully saturated rings. The van der Waals surface area contributed by atoms with Crippen molar-refractivity contribution in [2.24, 2.45) is 11.1 Å². The van der Waals surface area contributed by atoms with Crippen molar-refractivity contribution >= 4 is 0 Å². The molecule has 1 aliphatic heterocycles. The first-order valence-electron chi connectivity index (χ1n) is 6.73. The predicted octanol–water partition coefficient (Wildman–Crippen LogP) is 1.62. The molecule has 3 nitrogen and oxygen atoms in total. The zero-order valence-electron chi connectivity index (χ0n) is 10.6. The van der Waals surface area contributed by atoms with Crippen molar-refractivity contribution in [2.75, 3.05) is 33.3 Å². The number of hydrogen-bond donors (Lipinski definition) is 1. The van der Waals surface area contributed by atoms with Gasteiger partial charge in [-0.3, -0.25) is 0 Å². The SMILES string of the molecule is COC1CCN(CCC2(CN)CCC2)CC1. The van der Waals surface area contributed by atoms with Gasteiger partial charge in [0.1, 0.15) is 0 Å². The summed E-state index contributed by atoms with van der Waals surface area (Å²) in [6.07, 6.45) is 8.32. The van der Waals surface area contributed by atoms with E-state index in [0.717, 1.165) is 6.54 Å². The molecule has 3 heteroatoms. The average molecular weight is 226 g/mol. The van der Waals surface area contributed by atoms with E-state index in [1.165, 1.54) is 58.2 Å². The molecule has 0 aromatic heterocycles. The summed E-state index contributed by atoms with van der Waals surface area (Å²) in [4.78, 5) is 2.59. The van der Waals surface area contributed by atoms with Crippen molar-refractivity contribution in [1.29, 1.82) is 0 Å². The van der Waals surface area contributed by atoms with Crippen LogP contribution in [0.5, 0.6) is 0 Å². The first-order valence-corrected chi connectivity index (χ1v) is 6.73. The van der Waals surface area contributed by atoms with Crippen LogP contribution >= 0.6 is 0 Å². The largest absolute Gasteiger partial charge is 0.381 e. The fraction of sp³-hybridized carbons (Fsp3) is 1.00. The summed E-state index contributed by atoms with van der Waals surface area (Å²) in [6, 6.07) is 0. The quantitative estimate of drug-likeness (QED) is 0.774. The second-order valence-corrected chi connectivity index (χ2v) is 5.58. The van der Waals surface area contributed by atoms with Gasteiger partial charge in [-0.25, -0.2) is 0 Å². The summed E-state index contributed by atoms with van der Waals surface area (Å²) in [5.74, 6) is 0. The third kappa shape index (κ3) is 2.76. The summed E-state index contributed by atoms with van der Waals surface area (Å²) < 4.78 is 5.39. The molecule has 1 heterocycles. The zero-order chi connectivity index (χ0) is 11.4. The van der Waals surface area contributed by atoms with E-state index >= 15 is 0 Å². The van der Waals surface area contributed by atoms with Crippen LogP contribution in [0.3, 0.4) is 0 Å². The summed E-state index contributed by atoms with van der Waals surface area (Å²) in [7, 11) is 1.83. The molecule has 1 saturated carbocycles. The normalized spacial score (nSPS) is 26.6. The highest BCUT2D eigenvalue weighted by atomic mass is 16.5. The number of rotatable bonds is 5. The lowest BCUT2D eigenvalue weighted by molar-refractivity contribution is 0.0311. The molecular formula is C13H26N2O. The van der Waals surface area contributed by atoms with E-state index < -0.39 is 0 Å². The van der Waals surface area contributed by atoms with Gasteiger partial charge in [-0.1, -0.05) is 6.42 Å². The molecule has 2 rings (SSSR count). The summed E-state index contributed by atoms with van der Waals surface area (Å²) in [5.41, 5.74) is 6.40. The molecule has 0 aromatic carbocycles. The highest BCUT2D eigenvalue weighted by Crippen LogP contribution is 2.43. The Morgan fingerprint density at radius 3 is 2.44 bits per heavy atom. The Balaban J connectivity index is 1.67. The first kappa shape index (κ1) is 12.3. The average Bonchev–Trinajstić information content (AvgIpc) is 2.29. The molecule has 0 unspecified atom stereocenters. The van der Waals surface area contributed by atoms with Crippen molar-refractivity contribution in [2.45, 2.75) is 44.6 Å². The number of hydrogen-bond acceptors (Lipinski definition) is 3. The molecule has 1 aliphatic carbocycles. The zero-order valence-corrected chi connectivity index (χ0v) is 10.6. The van der Waals surface area contributed by atoms with Crippen LogP contribution < -0.4 is 5.73 Å². The van der Waals surface area contributed by atoms with Crippen molar-refractivity contribution in [3.63, 3.8) is 0 Å². The number of piperidine rings is 1. The molecule has 0 radical (unpaired) electrons. The van der Waals surface area contributed by atoms with Gasteiger partial charge in [-0.2, -0.15) is 0 Å². The Labute approximate surface area is 99.3 Å². The Bertz CT molecular complexity index is 202. The molecule has 16 heavy (non-hydrogen) atoms. The number of nitrogens with two attached hydrogens (primary N) is 1. The minimum atomic E-state index is 0.503. The Kier molecular flexibility index (Phi) is 4.22. The fourth-order valence-electron chi connectivity index (χ4n) is 3.00. The maximum atomic E-state index is 5.89. The second kappa shape index (κ2) is 5.48. The molecule has 0 atom stereocenters. The van der Waals surface area contributed by atoms with Gasteiger partial charge in [-0.05, 0) is 50.6 Å². The number of likely N-dealkylation sites (tertiary alicyclic amines) is 1. The van der Waals surface area contributed by atoms with Crippen molar-refractivity contribution in [3.05, 3.63) is 0 Å². The van der Waals surface area contributed by atoms with Gasteiger partial charge in [0, 0.05) is 20.2 Å². The molecule has 2 aliphatic rings. The second-order valence-electron chi connectivity index (χ2n) is 5.58. The van der Waals surface area contributed by atoms with Crippen LogP contribution in [0.2, 0.25) is 0 Å². The van der Waals surface area contributed by atoms with Crippen LogP contribution in [0, 0.1) is 5.41 Å². The lowest BCUT2D eigenvalue weighted by Gasteiger charge is -2.43. The topological polar surface area (TPSA) is 38.5 Å². The molecule has 0 aromatic rings. The van der Waals surface area contributed by atoms with Crippen molar-refractivity contribution in [3.8, 4) is 0 Å². The smallest absolute Gasteiger partial charge is 0.0595 e. The standard InChI is InChI=1S/C13H26N2O/c1-16-12-3-8-15(9-4-12)10-7-13(11-14)5-2-6-13/h12H,2-11,14H2,1H3. The fourth-order valence-corrected chi connectivity index (χ4v) is 3.00. The minimum Gasteiger partial charge on any atom is -0.381 e. The Hall–Kier alpha value is -0.120. The van der Waals surface area contributed by atoms with E-state index in [-0.39, 0.29) is 0 Å². The van der Waals surface area contributed by atoms with E-state index in [0.29, 0.717) is 11.5 Å². The lowest BCUT2D eigenvalue weighted by Crippen LogP contribution is -2.43. The van der Waals surface area contributed by atoms with Crippen LogP contribution in [0.4, 0.5) is 0 Å². The van der Waals surface area contributed by atoms with Gasteiger partial charge < -0.3 is 15.4 Å². The van der Waals surface area contributed by atoms with Crippen molar-refractivity contribution in [1.82, 2.24) is 4.90 Å². The molecule has 0 bridgehead atoms. The van der Waals surface area contributed by atoms with E-state index in [2.05, 4.69) is 4.90 Å². The minimum absolute atomic E-state index is 0.503. The maximum absolute atomic E-state index is 5.89. The lowest BCUT2D eigenvalue weighted by atomic mass is 9.66. The molecular weight excluding hydrogens is 200 g/mol. The van der Waals surface area contributed by atoms with Crippen LogP contribution in [-0.4, -0.2) is 44.3 Å². The van der Waals surface area contributed by atoms with Gasteiger partial charge in [0.15, 0.2) is 0 Å². The van der Waals surface area contributed by atoms with Crippen molar-refractivity contribution < 1.29 is 4.74 Å². The maximum Gasteiger partial charge on any atom is 0.0595 e. The van der Waals surface area contributed by atoms with E-state index in [1.807, 2.05) is 7.11 Å². The van der Waals surface area contributed by atoms with E-state index in [4.69, 9.17) is 10.5 Å². The first-order chi connectivity index (χ1) is 7.78. The number of methoxy groups -OCH3 is 1. The highest BCUT2D eigenvalue weighted by molar-refractivity contribution is 4.89. The molecule has 2 N–H and O–H groups in total. The molecule has 1 saturated heterocycles. The third-order valence-corrected chi connectivity index (χ3v) is 4.67. The summed E-state index contributed by atoms with van der Waals surface area (Å²) in [5, 5.41) is 0. The van der Waals surface area contributed by atoms with Gasteiger partial charge in [-0.15, -0.1) is 0 Å². The van der Waals surface area contributed by atoms with Gasteiger partial charge >= 0.3 is 0 Å². The Morgan fingerprint density at radius 2 is 2.00 bits per heavy atom. The highest BCUT2D eigenvalue weighted by Gasteiger charge is 2.35. The van der Waals surface area contributed by atoms with E-state index in [9.17, 15) is 0 Å². The van der Waals surface area contributed by atoms with Crippen LogP contribution in [0.25, 0.3) is 0 Å². The van der Waals surface area contributed by atoms with Gasteiger partial charge in [0.05, 0.1) is 6.10 Å². The van der Waals surface area contributed by atoms with Crippen LogP contribution in [-0.2, 0) is 4.74 Å². The van der Waals surface area contributed by atoms with Crippen LogP contribution in [0.15, 0.2) is 0 Å². The summed E-state index contributed by atoms with van der Waals surface area (Å²) in [6.45, 7) is 4.55. The molecule has 0 amide bonds. The monoisotopic (exact) mass is 226 g/mol. The number of ether oxygens (including phenoxy) is 1. The summed E-state index contributed by atoms with van der Waals surface area (Å²) >= 11 is 0. The number of nitrogens with zero attached hydrogens (tertiary/aromatic N) is 1. The van der Waals surface area contributed by atoms with Crippen LogP contribution in [0.1, 0.15) is 38.5 Å². The van der Waals surface area contributed by atoms with Gasteiger partial charge in [0.25, 0.3) is 0 Å². The van der Waals surface area contributed by atoms with Gasteiger partial charge in [0.2, 0.25) is 0 Å². The van der Waals surface area contributed by atoms with E-state index in [1.54, 1.807) is 0 Å². The Morgan fingerprint density at radius 1 is 1.31 bits per heavy atom.